The van der Waals surface area contributed by atoms with Crippen LogP contribution in [0.1, 0.15) is 11.1 Å². The second kappa shape index (κ2) is 3.76. The molecule has 0 spiro atoms. The van der Waals surface area contributed by atoms with Gasteiger partial charge in [-0.2, -0.15) is 0 Å². The Kier molecular flexibility index (Phi) is 2.90. The number of benzene rings is 1. The van der Waals surface area contributed by atoms with Crippen molar-refractivity contribution in [2.45, 2.75) is 13.8 Å². The second-order valence-electron chi connectivity index (χ2n) is 2.80. The largest absolute Gasteiger partial charge is 0.755 e. The smallest absolute Gasteiger partial charge is 0.121 e. The van der Waals surface area contributed by atoms with E-state index >= 15 is 0 Å². The van der Waals surface area contributed by atoms with E-state index in [0.717, 1.165) is 0 Å². The SMILES string of the molecule is Cc1cc(NS(=O)[O-])cc(C)c1O. The van der Waals surface area contributed by atoms with Crippen molar-refractivity contribution in [2.75, 3.05) is 4.72 Å². The summed E-state index contributed by atoms with van der Waals surface area (Å²) in [7, 11) is 0. The lowest BCUT2D eigenvalue weighted by Gasteiger charge is -2.11. The summed E-state index contributed by atoms with van der Waals surface area (Å²) in [6.45, 7) is 3.42. The van der Waals surface area contributed by atoms with E-state index in [1.54, 1.807) is 26.0 Å². The van der Waals surface area contributed by atoms with Crippen LogP contribution < -0.4 is 4.72 Å². The number of phenols is 1. The van der Waals surface area contributed by atoms with Crippen LogP contribution in [-0.4, -0.2) is 13.9 Å². The normalized spacial score (nSPS) is 12.5. The number of anilines is 1. The number of hydrogen-bond donors (Lipinski definition) is 2. The van der Waals surface area contributed by atoms with Gasteiger partial charge in [-0.15, -0.1) is 0 Å². The Hall–Kier alpha value is -1.07. The quantitative estimate of drug-likeness (QED) is 0.556. The zero-order valence-electron chi connectivity index (χ0n) is 7.33. The number of nitrogens with one attached hydrogen (secondary N) is 1. The van der Waals surface area contributed by atoms with Gasteiger partial charge >= 0.3 is 0 Å². The first-order valence-electron chi connectivity index (χ1n) is 3.67. The van der Waals surface area contributed by atoms with Crippen LogP contribution in [0.15, 0.2) is 12.1 Å². The van der Waals surface area contributed by atoms with Crippen molar-refractivity contribution >= 4 is 17.0 Å². The van der Waals surface area contributed by atoms with Crippen molar-refractivity contribution in [1.82, 2.24) is 0 Å². The van der Waals surface area contributed by atoms with Crippen LogP contribution in [0.4, 0.5) is 5.69 Å². The van der Waals surface area contributed by atoms with Gasteiger partial charge in [0.1, 0.15) is 5.75 Å². The van der Waals surface area contributed by atoms with Crippen molar-refractivity contribution in [1.29, 1.82) is 0 Å². The van der Waals surface area contributed by atoms with Gasteiger partial charge in [0.25, 0.3) is 0 Å². The van der Waals surface area contributed by atoms with E-state index in [4.69, 9.17) is 0 Å². The van der Waals surface area contributed by atoms with E-state index in [9.17, 15) is 13.9 Å². The molecule has 13 heavy (non-hydrogen) atoms. The highest BCUT2D eigenvalue weighted by atomic mass is 32.2. The lowest BCUT2D eigenvalue weighted by Crippen LogP contribution is -2.02. The van der Waals surface area contributed by atoms with E-state index in [1.165, 1.54) is 0 Å². The van der Waals surface area contributed by atoms with Crippen LogP contribution in [0.3, 0.4) is 0 Å². The molecule has 0 heterocycles. The Bertz CT molecular complexity index is 328. The highest BCUT2D eigenvalue weighted by Crippen LogP contribution is 2.25. The maximum atomic E-state index is 10.3. The summed E-state index contributed by atoms with van der Waals surface area (Å²) in [5.74, 6) is 0.197. The summed E-state index contributed by atoms with van der Waals surface area (Å²) in [5, 5.41) is 9.38. The molecule has 2 N–H and O–H groups in total. The molecule has 72 valence electrons. The van der Waals surface area contributed by atoms with Gasteiger partial charge in [-0.05, 0) is 37.1 Å². The Morgan fingerprint density at radius 2 is 1.85 bits per heavy atom. The maximum absolute atomic E-state index is 10.3. The minimum atomic E-state index is -2.32. The minimum absolute atomic E-state index is 0.197. The molecule has 0 saturated heterocycles. The summed E-state index contributed by atoms with van der Waals surface area (Å²) in [5.41, 5.74) is 1.75. The fourth-order valence-electron chi connectivity index (χ4n) is 1.11. The van der Waals surface area contributed by atoms with E-state index in [2.05, 4.69) is 4.72 Å². The van der Waals surface area contributed by atoms with Crippen molar-refractivity contribution < 1.29 is 13.9 Å². The molecule has 1 unspecified atom stereocenters. The first-order valence-corrected chi connectivity index (χ1v) is 4.74. The lowest BCUT2D eigenvalue weighted by atomic mass is 10.1. The monoisotopic (exact) mass is 200 g/mol. The maximum Gasteiger partial charge on any atom is 0.121 e. The summed E-state index contributed by atoms with van der Waals surface area (Å²) < 4.78 is 22.8. The Balaban J connectivity index is 3.06. The number of hydrogen-bond acceptors (Lipinski definition) is 3. The van der Waals surface area contributed by atoms with Crippen molar-refractivity contribution in [3.63, 3.8) is 0 Å². The third-order valence-electron chi connectivity index (χ3n) is 1.69. The Labute approximate surface area is 79.0 Å². The zero-order valence-corrected chi connectivity index (χ0v) is 8.14. The van der Waals surface area contributed by atoms with Gasteiger partial charge in [-0.1, -0.05) is 0 Å². The van der Waals surface area contributed by atoms with Crippen molar-refractivity contribution in [3.05, 3.63) is 23.3 Å². The Morgan fingerprint density at radius 1 is 1.38 bits per heavy atom. The van der Waals surface area contributed by atoms with E-state index < -0.39 is 11.3 Å². The summed E-state index contributed by atoms with van der Waals surface area (Å²) in [6.07, 6.45) is 0. The summed E-state index contributed by atoms with van der Waals surface area (Å²) in [4.78, 5) is 0. The molecule has 4 nitrogen and oxygen atoms in total. The predicted octanol–water partition coefficient (Wildman–Crippen LogP) is 1.22. The summed E-state index contributed by atoms with van der Waals surface area (Å²) >= 11 is -2.32. The van der Waals surface area contributed by atoms with Gasteiger partial charge in [0.15, 0.2) is 0 Å². The molecule has 0 aliphatic rings. The molecule has 0 aliphatic carbocycles. The molecule has 0 aromatic heterocycles. The lowest BCUT2D eigenvalue weighted by molar-refractivity contribution is 0.467. The topological polar surface area (TPSA) is 72.4 Å². The molecule has 0 fully saturated rings. The molecular formula is C8H10NO3S-. The highest BCUT2D eigenvalue weighted by Gasteiger charge is 2.02. The zero-order chi connectivity index (χ0) is 10.0. The average molecular weight is 200 g/mol. The molecule has 1 aromatic rings. The molecule has 5 heteroatoms. The van der Waals surface area contributed by atoms with Gasteiger partial charge in [0.05, 0.1) is 0 Å². The molecule has 1 rings (SSSR count). The fraction of sp³-hybridized carbons (Fsp3) is 0.250. The first-order chi connectivity index (χ1) is 6.00. The number of aromatic hydroxyl groups is 1. The summed E-state index contributed by atoms with van der Waals surface area (Å²) in [6, 6.07) is 3.14. The van der Waals surface area contributed by atoms with Crippen LogP contribution in [-0.2, 0) is 11.3 Å². The molecule has 1 aromatic carbocycles. The van der Waals surface area contributed by atoms with Gasteiger partial charge in [0.2, 0.25) is 0 Å². The minimum Gasteiger partial charge on any atom is -0.755 e. The molecule has 0 aliphatic heterocycles. The highest BCUT2D eigenvalue weighted by molar-refractivity contribution is 7.80. The van der Waals surface area contributed by atoms with E-state index in [1.807, 2.05) is 0 Å². The van der Waals surface area contributed by atoms with Gasteiger partial charge < -0.3 is 14.4 Å². The fourth-order valence-corrected chi connectivity index (χ4v) is 1.42. The van der Waals surface area contributed by atoms with Crippen molar-refractivity contribution in [3.8, 4) is 5.75 Å². The van der Waals surface area contributed by atoms with Crippen LogP contribution in [0.5, 0.6) is 5.75 Å². The van der Waals surface area contributed by atoms with Gasteiger partial charge in [-0.3, -0.25) is 4.21 Å². The molecule has 0 amide bonds. The van der Waals surface area contributed by atoms with Gasteiger partial charge in [-0.25, -0.2) is 0 Å². The molecule has 0 saturated carbocycles. The van der Waals surface area contributed by atoms with Crippen molar-refractivity contribution in [2.24, 2.45) is 0 Å². The standard InChI is InChI=1S/C8H11NO3S/c1-5-3-7(9-13(11)12)4-6(2)8(5)10/h3-4,9-10H,1-2H3,(H,11,12)/p-1. The van der Waals surface area contributed by atoms with Crippen LogP contribution in [0.2, 0.25) is 0 Å². The number of phenolic OH excluding ortho intramolecular Hbond substituents is 1. The third kappa shape index (κ3) is 2.43. The molecule has 0 radical (unpaired) electrons. The van der Waals surface area contributed by atoms with Crippen LogP contribution >= 0.6 is 0 Å². The average Bonchev–Trinajstić information content (AvgIpc) is 1.98. The molecule has 1 atom stereocenters. The van der Waals surface area contributed by atoms with Gasteiger partial charge in [0, 0.05) is 17.0 Å². The van der Waals surface area contributed by atoms with E-state index in [0.29, 0.717) is 16.8 Å². The third-order valence-corrected chi connectivity index (χ3v) is 2.09. The Morgan fingerprint density at radius 3 is 2.23 bits per heavy atom. The second-order valence-corrected chi connectivity index (χ2v) is 3.47. The van der Waals surface area contributed by atoms with E-state index in [-0.39, 0.29) is 5.75 Å². The van der Waals surface area contributed by atoms with Crippen LogP contribution in [0, 0.1) is 13.8 Å². The molecular weight excluding hydrogens is 190 g/mol. The molecule has 0 bridgehead atoms. The first kappa shape index (κ1) is 10.0. The van der Waals surface area contributed by atoms with Crippen LogP contribution in [0.25, 0.3) is 0 Å². The number of rotatable bonds is 2. The predicted molar refractivity (Wildman–Crippen MR) is 50.1 cm³/mol. The number of aryl methyl sites for hydroxylation is 2.